The lowest BCUT2D eigenvalue weighted by atomic mass is 10.1. The Morgan fingerprint density at radius 3 is 2.71 bits per heavy atom. The van der Waals surface area contributed by atoms with E-state index < -0.39 is 5.91 Å². The van der Waals surface area contributed by atoms with E-state index in [0.717, 1.165) is 16.4 Å². The third-order valence-electron chi connectivity index (χ3n) is 3.30. The highest BCUT2D eigenvalue weighted by molar-refractivity contribution is 7.16. The molecule has 0 atom stereocenters. The monoisotopic (exact) mass is 297 g/mol. The van der Waals surface area contributed by atoms with Crippen molar-refractivity contribution in [3.05, 3.63) is 59.1 Å². The normalized spacial score (nSPS) is 14.1. The van der Waals surface area contributed by atoms with E-state index in [-0.39, 0.29) is 0 Å². The number of primary amides is 1. The molecule has 0 saturated carbocycles. The van der Waals surface area contributed by atoms with Crippen molar-refractivity contribution in [3.63, 3.8) is 0 Å². The van der Waals surface area contributed by atoms with Crippen molar-refractivity contribution in [2.75, 3.05) is 11.4 Å². The number of aromatic nitrogens is 1. The summed E-state index contributed by atoms with van der Waals surface area (Å²) < 4.78 is 0. The molecule has 1 amide bonds. The molecule has 0 bridgehead atoms. The first kappa shape index (κ1) is 13.6. The van der Waals surface area contributed by atoms with Gasteiger partial charge in [0, 0.05) is 28.8 Å². The predicted octanol–water partition coefficient (Wildman–Crippen LogP) is 2.86. The van der Waals surface area contributed by atoms with Gasteiger partial charge in [0.2, 0.25) is 5.91 Å². The lowest BCUT2D eigenvalue weighted by molar-refractivity contribution is -0.114. The minimum atomic E-state index is -0.397. The van der Waals surface area contributed by atoms with Crippen molar-refractivity contribution >= 4 is 22.4 Å². The van der Waals surface area contributed by atoms with Gasteiger partial charge in [-0.1, -0.05) is 36.4 Å². The highest BCUT2D eigenvalue weighted by atomic mass is 32.1. The molecule has 4 nitrogen and oxygen atoms in total. The molecule has 1 aromatic carbocycles. The molecule has 5 heteroatoms. The van der Waals surface area contributed by atoms with Crippen LogP contribution < -0.4 is 10.6 Å². The maximum absolute atomic E-state index is 11.1. The number of carbonyl (C=O) groups excluding carboxylic acids is 1. The molecule has 0 radical (unpaired) electrons. The summed E-state index contributed by atoms with van der Waals surface area (Å²) in [6, 6.07) is 10.1. The average Bonchev–Trinajstić information content (AvgIpc) is 2.90. The van der Waals surface area contributed by atoms with Crippen LogP contribution in [0.25, 0.3) is 11.3 Å². The molecule has 1 aliphatic rings. The summed E-state index contributed by atoms with van der Waals surface area (Å²) in [5, 5.41) is 0.919. The molecule has 0 aliphatic carbocycles. The maximum atomic E-state index is 11.1. The molecular weight excluding hydrogens is 282 g/mol. The van der Waals surface area contributed by atoms with Crippen LogP contribution >= 0.6 is 11.3 Å². The van der Waals surface area contributed by atoms with E-state index >= 15 is 0 Å². The summed E-state index contributed by atoms with van der Waals surface area (Å²) in [6.45, 7) is 2.68. The Morgan fingerprint density at radius 1 is 1.33 bits per heavy atom. The number of rotatable bonds is 3. The zero-order chi connectivity index (χ0) is 14.8. The molecule has 0 unspecified atom stereocenters. The molecule has 3 rings (SSSR count). The summed E-state index contributed by atoms with van der Waals surface area (Å²) in [5.74, 6) is -0.397. The first-order valence-corrected chi connectivity index (χ1v) is 7.44. The van der Waals surface area contributed by atoms with Crippen molar-refractivity contribution in [1.29, 1.82) is 0 Å². The molecular formula is C16H15N3OS. The number of benzene rings is 1. The van der Waals surface area contributed by atoms with E-state index in [2.05, 4.69) is 19.1 Å². The van der Waals surface area contributed by atoms with Gasteiger partial charge in [0.05, 0.1) is 5.69 Å². The minimum absolute atomic E-state index is 0.397. The topological polar surface area (TPSA) is 59.2 Å². The van der Waals surface area contributed by atoms with Crippen LogP contribution in [0.2, 0.25) is 0 Å². The third kappa shape index (κ3) is 2.73. The van der Waals surface area contributed by atoms with Gasteiger partial charge in [-0.3, -0.25) is 4.79 Å². The standard InChI is InChI=1S/C16H15N3OS/c1-11-14(12-5-3-2-4-6-12)18-16(21-11)19-9-7-13(8-10-19)15(17)20/h2-9H,10H2,1H3,(H2,17,20). The second kappa shape index (κ2) is 5.54. The highest BCUT2D eigenvalue weighted by Gasteiger charge is 2.16. The first-order chi connectivity index (χ1) is 10.1. The van der Waals surface area contributed by atoms with Crippen molar-refractivity contribution in [2.45, 2.75) is 6.92 Å². The summed E-state index contributed by atoms with van der Waals surface area (Å²) in [5.41, 5.74) is 7.94. The van der Waals surface area contributed by atoms with Crippen LogP contribution in [0.5, 0.6) is 0 Å². The zero-order valence-corrected chi connectivity index (χ0v) is 12.4. The molecule has 0 fully saturated rings. The van der Waals surface area contributed by atoms with Gasteiger partial charge in [-0.05, 0) is 13.0 Å². The Bertz CT molecular complexity index is 731. The van der Waals surface area contributed by atoms with Crippen molar-refractivity contribution in [3.8, 4) is 11.3 Å². The molecule has 0 saturated heterocycles. The molecule has 106 valence electrons. The molecule has 0 spiro atoms. The van der Waals surface area contributed by atoms with E-state index in [0.29, 0.717) is 12.1 Å². The fourth-order valence-electron chi connectivity index (χ4n) is 2.19. The molecule has 2 aromatic rings. The van der Waals surface area contributed by atoms with E-state index in [9.17, 15) is 4.79 Å². The van der Waals surface area contributed by atoms with Gasteiger partial charge in [0.15, 0.2) is 5.13 Å². The number of hydrogen-bond donors (Lipinski definition) is 1. The Labute approximate surface area is 127 Å². The van der Waals surface area contributed by atoms with E-state index in [1.807, 2.05) is 35.4 Å². The van der Waals surface area contributed by atoms with Gasteiger partial charge >= 0.3 is 0 Å². The van der Waals surface area contributed by atoms with Crippen LogP contribution in [0.4, 0.5) is 5.13 Å². The summed E-state index contributed by atoms with van der Waals surface area (Å²) in [7, 11) is 0. The minimum Gasteiger partial charge on any atom is -0.366 e. The van der Waals surface area contributed by atoms with Crippen LogP contribution in [0, 0.1) is 6.92 Å². The number of nitrogens with zero attached hydrogens (tertiary/aromatic N) is 2. The summed E-state index contributed by atoms with van der Waals surface area (Å²) >= 11 is 1.64. The van der Waals surface area contributed by atoms with Gasteiger partial charge in [-0.2, -0.15) is 0 Å². The number of carbonyl (C=O) groups is 1. The van der Waals surface area contributed by atoms with Gasteiger partial charge in [0.1, 0.15) is 0 Å². The van der Waals surface area contributed by atoms with Crippen molar-refractivity contribution in [1.82, 2.24) is 4.98 Å². The van der Waals surface area contributed by atoms with Gasteiger partial charge < -0.3 is 10.6 Å². The third-order valence-corrected chi connectivity index (χ3v) is 4.31. The molecule has 1 aliphatic heterocycles. The van der Waals surface area contributed by atoms with Crippen LogP contribution in [0.1, 0.15) is 4.88 Å². The largest absolute Gasteiger partial charge is 0.366 e. The lowest BCUT2D eigenvalue weighted by Crippen LogP contribution is -2.22. The van der Waals surface area contributed by atoms with Crippen LogP contribution in [0.15, 0.2) is 54.3 Å². The Morgan fingerprint density at radius 2 is 2.10 bits per heavy atom. The van der Waals surface area contributed by atoms with Gasteiger partial charge in [-0.25, -0.2) is 4.98 Å². The Hall–Kier alpha value is -2.40. The highest BCUT2D eigenvalue weighted by Crippen LogP contribution is 2.33. The average molecular weight is 297 g/mol. The van der Waals surface area contributed by atoms with Crippen LogP contribution in [-0.4, -0.2) is 17.4 Å². The van der Waals surface area contributed by atoms with Gasteiger partial charge in [-0.15, -0.1) is 11.3 Å². The van der Waals surface area contributed by atoms with E-state index in [4.69, 9.17) is 10.7 Å². The predicted molar refractivity (Wildman–Crippen MR) is 86.1 cm³/mol. The van der Waals surface area contributed by atoms with Crippen LogP contribution in [-0.2, 0) is 4.79 Å². The Kier molecular flexibility index (Phi) is 3.58. The maximum Gasteiger partial charge on any atom is 0.248 e. The first-order valence-electron chi connectivity index (χ1n) is 6.63. The number of nitrogens with two attached hydrogens (primary N) is 1. The second-order valence-corrected chi connectivity index (χ2v) is 5.94. The molecule has 2 heterocycles. The Balaban J connectivity index is 1.86. The van der Waals surface area contributed by atoms with Crippen molar-refractivity contribution < 1.29 is 4.79 Å². The van der Waals surface area contributed by atoms with Gasteiger partial charge in [0.25, 0.3) is 0 Å². The smallest absolute Gasteiger partial charge is 0.248 e. The molecule has 2 N–H and O–H groups in total. The van der Waals surface area contributed by atoms with Crippen LogP contribution in [0.3, 0.4) is 0 Å². The number of aryl methyl sites for hydroxylation is 1. The zero-order valence-electron chi connectivity index (χ0n) is 11.6. The number of anilines is 1. The number of amides is 1. The quantitative estimate of drug-likeness (QED) is 0.947. The lowest BCUT2D eigenvalue weighted by Gasteiger charge is -2.18. The van der Waals surface area contributed by atoms with E-state index in [1.165, 1.54) is 4.88 Å². The SMILES string of the molecule is Cc1sc(N2C=CC(C(N)=O)=CC2)nc1-c1ccccc1. The number of hydrogen-bond acceptors (Lipinski definition) is 4. The van der Waals surface area contributed by atoms with E-state index in [1.54, 1.807) is 17.4 Å². The molecule has 21 heavy (non-hydrogen) atoms. The summed E-state index contributed by atoms with van der Waals surface area (Å²) in [4.78, 5) is 19.0. The second-order valence-electron chi connectivity index (χ2n) is 4.76. The van der Waals surface area contributed by atoms with Crippen molar-refractivity contribution in [2.24, 2.45) is 5.73 Å². The summed E-state index contributed by atoms with van der Waals surface area (Å²) in [6.07, 6.45) is 5.40. The molecule has 1 aromatic heterocycles. The number of thiazole rings is 1. The fourth-order valence-corrected chi connectivity index (χ4v) is 3.11. The fraction of sp³-hybridized carbons (Fsp3) is 0.125.